The number of carbonyl (C=O) groups is 2. The number of halogens is 1. The Bertz CT molecular complexity index is 1000. The van der Waals surface area contributed by atoms with E-state index in [9.17, 15) is 14.0 Å². The molecule has 3 rings (SSSR count). The van der Waals surface area contributed by atoms with Crippen LogP contribution in [-0.4, -0.2) is 54.2 Å². The van der Waals surface area contributed by atoms with Crippen LogP contribution in [0.5, 0.6) is 0 Å². The third-order valence-corrected chi connectivity index (χ3v) is 5.46. The molecule has 6 nitrogen and oxygen atoms in total. The molecule has 0 saturated carbocycles. The molecule has 2 aromatic carbocycles. The number of rotatable bonds is 8. The molecule has 0 bridgehead atoms. The van der Waals surface area contributed by atoms with Crippen LogP contribution in [0.15, 0.2) is 59.7 Å². The Labute approximate surface area is 195 Å². The smallest absolute Gasteiger partial charge is 0.262 e. The van der Waals surface area contributed by atoms with E-state index in [1.807, 2.05) is 51.1 Å². The molecule has 1 atom stereocenters. The Morgan fingerprint density at radius 2 is 1.79 bits per heavy atom. The van der Waals surface area contributed by atoms with E-state index in [1.165, 1.54) is 16.0 Å². The number of hydrogen-bond donors (Lipinski definition) is 0. The number of benzene rings is 2. The molecule has 176 valence electrons. The van der Waals surface area contributed by atoms with E-state index in [0.29, 0.717) is 37.3 Å². The molecule has 0 saturated heterocycles. The standard InChI is InChI=1S/C26H32FN3O3/c1-26(2,3)17-24(31)29(14-15-33-4)18-25(32)30-23(19-10-6-5-7-11-19)16-22(28-30)20-12-8-9-13-21(20)27/h5-13,23H,14-18H2,1-4H3/t23-/m1/s1. The molecule has 0 aliphatic carbocycles. The van der Waals surface area contributed by atoms with Crippen LogP contribution in [0, 0.1) is 11.2 Å². The number of methoxy groups -OCH3 is 1. The second-order valence-corrected chi connectivity index (χ2v) is 9.44. The number of nitrogens with zero attached hydrogens (tertiary/aromatic N) is 3. The SMILES string of the molecule is COCCN(CC(=O)N1N=C(c2ccccc2F)C[C@@H]1c1ccccc1)C(=O)CC(C)(C)C. The number of amides is 2. The molecule has 7 heteroatoms. The molecule has 0 N–H and O–H groups in total. The quantitative estimate of drug-likeness (QED) is 0.595. The van der Waals surface area contributed by atoms with Gasteiger partial charge in [0.1, 0.15) is 12.4 Å². The Balaban J connectivity index is 1.88. The van der Waals surface area contributed by atoms with Gasteiger partial charge in [-0.3, -0.25) is 9.59 Å². The van der Waals surface area contributed by atoms with Crippen LogP contribution in [-0.2, 0) is 14.3 Å². The van der Waals surface area contributed by atoms with E-state index >= 15 is 0 Å². The lowest BCUT2D eigenvalue weighted by Gasteiger charge is -2.29. The molecule has 0 spiro atoms. The molecule has 2 aromatic rings. The summed E-state index contributed by atoms with van der Waals surface area (Å²) in [6.45, 7) is 6.48. The summed E-state index contributed by atoms with van der Waals surface area (Å²) in [7, 11) is 1.56. The molecule has 0 unspecified atom stereocenters. The van der Waals surface area contributed by atoms with Crippen LogP contribution in [0.25, 0.3) is 0 Å². The molecular weight excluding hydrogens is 421 g/mol. The van der Waals surface area contributed by atoms with Crippen molar-refractivity contribution in [3.63, 3.8) is 0 Å². The number of hydrogen-bond acceptors (Lipinski definition) is 4. The van der Waals surface area contributed by atoms with Gasteiger partial charge in [-0.2, -0.15) is 5.10 Å². The second kappa shape index (κ2) is 10.7. The van der Waals surface area contributed by atoms with Crippen molar-refractivity contribution in [2.24, 2.45) is 10.5 Å². The minimum atomic E-state index is -0.376. The fourth-order valence-electron chi connectivity index (χ4n) is 3.83. The van der Waals surface area contributed by atoms with Crippen LogP contribution >= 0.6 is 0 Å². The maximum Gasteiger partial charge on any atom is 0.262 e. The Kier molecular flexibility index (Phi) is 7.97. The highest BCUT2D eigenvalue weighted by atomic mass is 19.1. The molecule has 1 aliphatic heterocycles. The lowest BCUT2D eigenvalue weighted by molar-refractivity contribution is -0.143. The third kappa shape index (κ3) is 6.48. The first kappa shape index (κ1) is 24.6. The van der Waals surface area contributed by atoms with Gasteiger partial charge in [0.15, 0.2) is 0 Å². The lowest BCUT2D eigenvalue weighted by atomic mass is 9.91. The largest absolute Gasteiger partial charge is 0.383 e. The number of ether oxygens (including phenoxy) is 1. The van der Waals surface area contributed by atoms with Crippen molar-refractivity contribution in [1.29, 1.82) is 0 Å². The monoisotopic (exact) mass is 453 g/mol. The van der Waals surface area contributed by atoms with Crippen molar-refractivity contribution in [2.45, 2.75) is 39.7 Å². The summed E-state index contributed by atoms with van der Waals surface area (Å²) in [5, 5.41) is 5.94. The zero-order chi connectivity index (χ0) is 24.0. The van der Waals surface area contributed by atoms with Crippen LogP contribution < -0.4 is 0 Å². The van der Waals surface area contributed by atoms with E-state index in [-0.39, 0.29) is 35.6 Å². The summed E-state index contributed by atoms with van der Waals surface area (Å²) in [6.07, 6.45) is 0.709. The predicted molar refractivity (Wildman–Crippen MR) is 126 cm³/mol. The van der Waals surface area contributed by atoms with E-state index in [4.69, 9.17) is 4.74 Å². The van der Waals surface area contributed by atoms with Gasteiger partial charge in [-0.15, -0.1) is 0 Å². The molecule has 0 radical (unpaired) electrons. The van der Waals surface area contributed by atoms with Crippen LogP contribution in [0.4, 0.5) is 4.39 Å². The summed E-state index contributed by atoms with van der Waals surface area (Å²) >= 11 is 0. The summed E-state index contributed by atoms with van der Waals surface area (Å²) < 4.78 is 19.6. The van der Waals surface area contributed by atoms with Crippen molar-refractivity contribution >= 4 is 17.5 Å². The zero-order valence-corrected chi connectivity index (χ0v) is 19.8. The molecule has 1 aliphatic rings. The average molecular weight is 454 g/mol. The summed E-state index contributed by atoms with van der Waals surface area (Å²) in [4.78, 5) is 27.9. The van der Waals surface area contributed by atoms with E-state index in [1.54, 1.807) is 25.3 Å². The second-order valence-electron chi connectivity index (χ2n) is 9.44. The summed E-state index contributed by atoms with van der Waals surface area (Å²) in [5.74, 6) is -0.797. The van der Waals surface area contributed by atoms with E-state index in [0.717, 1.165) is 5.56 Å². The van der Waals surface area contributed by atoms with Crippen LogP contribution in [0.2, 0.25) is 0 Å². The lowest BCUT2D eigenvalue weighted by Crippen LogP contribution is -2.43. The topological polar surface area (TPSA) is 62.2 Å². The van der Waals surface area contributed by atoms with Crippen molar-refractivity contribution in [2.75, 3.05) is 26.8 Å². The van der Waals surface area contributed by atoms with Crippen LogP contribution in [0.1, 0.15) is 50.8 Å². The van der Waals surface area contributed by atoms with Crippen molar-refractivity contribution in [1.82, 2.24) is 9.91 Å². The molecule has 0 fully saturated rings. The predicted octanol–water partition coefficient (Wildman–Crippen LogP) is 4.41. The fourth-order valence-corrected chi connectivity index (χ4v) is 3.83. The molecule has 33 heavy (non-hydrogen) atoms. The molecular formula is C26H32FN3O3. The molecule has 2 amide bonds. The van der Waals surface area contributed by atoms with Gasteiger partial charge in [0.2, 0.25) is 5.91 Å². The highest BCUT2D eigenvalue weighted by Gasteiger charge is 2.35. The van der Waals surface area contributed by atoms with E-state index < -0.39 is 0 Å². The van der Waals surface area contributed by atoms with Gasteiger partial charge < -0.3 is 9.64 Å². The first-order chi connectivity index (χ1) is 15.7. The average Bonchev–Trinajstić information content (AvgIpc) is 3.21. The normalized spacial score (nSPS) is 16.0. The Hall–Kier alpha value is -3.06. The van der Waals surface area contributed by atoms with Crippen molar-refractivity contribution in [3.8, 4) is 0 Å². The molecule has 0 aromatic heterocycles. The van der Waals surface area contributed by atoms with Gasteiger partial charge in [-0.1, -0.05) is 69.3 Å². The highest BCUT2D eigenvalue weighted by Crippen LogP contribution is 2.33. The van der Waals surface area contributed by atoms with Gasteiger partial charge in [0.25, 0.3) is 5.91 Å². The highest BCUT2D eigenvalue weighted by molar-refractivity contribution is 6.03. The van der Waals surface area contributed by atoms with Gasteiger partial charge in [0.05, 0.1) is 18.4 Å². The van der Waals surface area contributed by atoms with Gasteiger partial charge in [0, 0.05) is 32.1 Å². The summed E-state index contributed by atoms with van der Waals surface area (Å²) in [5.41, 5.74) is 1.60. The van der Waals surface area contributed by atoms with Gasteiger partial charge >= 0.3 is 0 Å². The first-order valence-electron chi connectivity index (χ1n) is 11.2. The Morgan fingerprint density at radius 3 is 2.42 bits per heavy atom. The minimum absolute atomic E-state index is 0.110. The Morgan fingerprint density at radius 1 is 1.12 bits per heavy atom. The zero-order valence-electron chi connectivity index (χ0n) is 19.8. The van der Waals surface area contributed by atoms with Gasteiger partial charge in [-0.25, -0.2) is 9.40 Å². The third-order valence-electron chi connectivity index (χ3n) is 5.46. The van der Waals surface area contributed by atoms with Crippen molar-refractivity contribution in [3.05, 3.63) is 71.5 Å². The minimum Gasteiger partial charge on any atom is -0.383 e. The van der Waals surface area contributed by atoms with E-state index in [2.05, 4.69) is 5.10 Å². The van der Waals surface area contributed by atoms with Gasteiger partial charge in [-0.05, 0) is 17.0 Å². The van der Waals surface area contributed by atoms with Crippen molar-refractivity contribution < 1.29 is 18.7 Å². The van der Waals surface area contributed by atoms with Crippen LogP contribution in [0.3, 0.4) is 0 Å². The number of hydrazone groups is 1. The maximum atomic E-state index is 14.5. The maximum absolute atomic E-state index is 14.5. The number of carbonyl (C=O) groups excluding carboxylic acids is 2. The fraction of sp³-hybridized carbons (Fsp3) is 0.423. The summed E-state index contributed by atoms with van der Waals surface area (Å²) in [6, 6.07) is 15.6. The first-order valence-corrected chi connectivity index (χ1v) is 11.2. The molecule has 1 heterocycles.